The Morgan fingerprint density at radius 3 is 2.62 bits per heavy atom. The van der Waals surface area contributed by atoms with Crippen LogP contribution in [0.1, 0.15) is 38.5 Å². The van der Waals surface area contributed by atoms with Crippen molar-refractivity contribution in [3.63, 3.8) is 0 Å². The van der Waals surface area contributed by atoms with Crippen LogP contribution in [0.4, 0.5) is 0 Å². The summed E-state index contributed by atoms with van der Waals surface area (Å²) in [5.41, 5.74) is -0.00419. The van der Waals surface area contributed by atoms with Gasteiger partial charge in [-0.05, 0) is 57.5 Å². The van der Waals surface area contributed by atoms with Crippen LogP contribution in [0.2, 0.25) is 0 Å². The molecule has 120 valence electrons. The van der Waals surface area contributed by atoms with E-state index in [1.54, 1.807) is 0 Å². The van der Waals surface area contributed by atoms with Crippen molar-refractivity contribution in [3.8, 4) is 0 Å². The molecule has 0 N–H and O–H groups in total. The molecule has 3 saturated heterocycles. The molecule has 1 spiro atoms. The van der Waals surface area contributed by atoms with Crippen LogP contribution in [0, 0.1) is 5.92 Å². The molecule has 4 nitrogen and oxygen atoms in total. The molecule has 2 unspecified atom stereocenters. The summed E-state index contributed by atoms with van der Waals surface area (Å²) in [7, 11) is 0. The third-order valence-electron chi connectivity index (χ3n) is 5.64. The molecule has 21 heavy (non-hydrogen) atoms. The van der Waals surface area contributed by atoms with Crippen LogP contribution in [0.3, 0.4) is 0 Å². The Bertz CT molecular complexity index is 355. The minimum absolute atomic E-state index is 0.00419. The van der Waals surface area contributed by atoms with Gasteiger partial charge in [-0.3, -0.25) is 4.90 Å². The van der Waals surface area contributed by atoms with E-state index in [-0.39, 0.29) is 5.60 Å². The lowest BCUT2D eigenvalue weighted by Gasteiger charge is -2.32. The molecule has 0 aromatic rings. The molecule has 2 atom stereocenters. The van der Waals surface area contributed by atoms with Crippen LogP contribution in [0.5, 0.6) is 0 Å². The Balaban J connectivity index is 1.33. The number of nitrogens with zero attached hydrogens (tertiary/aromatic N) is 2. The zero-order valence-corrected chi connectivity index (χ0v) is 13.3. The van der Waals surface area contributed by atoms with Crippen molar-refractivity contribution in [2.75, 3.05) is 52.5 Å². The van der Waals surface area contributed by atoms with E-state index < -0.39 is 0 Å². The predicted molar refractivity (Wildman–Crippen MR) is 82.5 cm³/mol. The van der Waals surface area contributed by atoms with Gasteiger partial charge in [-0.2, -0.15) is 0 Å². The van der Waals surface area contributed by atoms with Crippen LogP contribution < -0.4 is 0 Å². The van der Waals surface area contributed by atoms with Crippen molar-refractivity contribution in [2.24, 2.45) is 5.92 Å². The Kier molecular flexibility index (Phi) is 4.23. The van der Waals surface area contributed by atoms with Gasteiger partial charge >= 0.3 is 0 Å². The summed E-state index contributed by atoms with van der Waals surface area (Å²) in [6.07, 6.45) is 8.45. The van der Waals surface area contributed by atoms with Crippen molar-refractivity contribution in [1.29, 1.82) is 0 Å². The van der Waals surface area contributed by atoms with Crippen LogP contribution in [0.15, 0.2) is 0 Å². The van der Waals surface area contributed by atoms with Gasteiger partial charge in [0, 0.05) is 26.2 Å². The van der Waals surface area contributed by atoms with Crippen LogP contribution in [-0.2, 0) is 9.47 Å². The van der Waals surface area contributed by atoms with Gasteiger partial charge in [0.15, 0.2) is 0 Å². The van der Waals surface area contributed by atoms with Crippen LogP contribution in [-0.4, -0.2) is 74.0 Å². The SMILES string of the molecule is C1CCN(CC2CCC3(COCCN(CC4CC4)C3)O2)C1. The summed E-state index contributed by atoms with van der Waals surface area (Å²) < 4.78 is 12.5. The molecule has 0 bridgehead atoms. The fraction of sp³-hybridized carbons (Fsp3) is 1.00. The van der Waals surface area contributed by atoms with Gasteiger partial charge in [0.2, 0.25) is 0 Å². The number of rotatable bonds is 4. The molecule has 3 aliphatic heterocycles. The van der Waals surface area contributed by atoms with Gasteiger partial charge in [-0.1, -0.05) is 0 Å². The number of ether oxygens (including phenoxy) is 2. The van der Waals surface area contributed by atoms with Crippen LogP contribution >= 0.6 is 0 Å². The molecule has 0 amide bonds. The fourth-order valence-corrected chi connectivity index (χ4v) is 4.31. The summed E-state index contributed by atoms with van der Waals surface area (Å²) in [4.78, 5) is 5.20. The van der Waals surface area contributed by atoms with Crippen molar-refractivity contribution in [1.82, 2.24) is 9.80 Å². The molecule has 0 aromatic carbocycles. The first-order valence-electron chi connectivity index (χ1n) is 9.02. The van der Waals surface area contributed by atoms with Gasteiger partial charge in [0.1, 0.15) is 5.60 Å². The van der Waals surface area contributed by atoms with E-state index in [0.717, 1.165) is 38.8 Å². The number of likely N-dealkylation sites (tertiary alicyclic amines) is 1. The van der Waals surface area contributed by atoms with Gasteiger partial charge in [0.05, 0.1) is 19.3 Å². The highest BCUT2D eigenvalue weighted by atomic mass is 16.6. The number of hydrogen-bond acceptors (Lipinski definition) is 4. The normalized spacial score (nSPS) is 39.1. The molecule has 0 radical (unpaired) electrons. The Morgan fingerprint density at radius 2 is 1.81 bits per heavy atom. The third-order valence-corrected chi connectivity index (χ3v) is 5.64. The third kappa shape index (κ3) is 3.61. The average Bonchev–Trinajstić information content (AvgIpc) is 3.04. The van der Waals surface area contributed by atoms with Crippen LogP contribution in [0.25, 0.3) is 0 Å². The predicted octanol–water partition coefficient (Wildman–Crippen LogP) is 1.74. The lowest BCUT2D eigenvalue weighted by Crippen LogP contribution is -2.45. The fourth-order valence-electron chi connectivity index (χ4n) is 4.31. The second-order valence-corrected chi connectivity index (χ2v) is 7.70. The molecular formula is C17H30N2O2. The smallest absolute Gasteiger partial charge is 0.105 e. The van der Waals surface area contributed by atoms with E-state index in [0.29, 0.717) is 6.10 Å². The first kappa shape index (κ1) is 14.4. The van der Waals surface area contributed by atoms with Gasteiger partial charge < -0.3 is 14.4 Å². The van der Waals surface area contributed by atoms with E-state index in [2.05, 4.69) is 9.80 Å². The Labute approximate surface area is 128 Å². The van der Waals surface area contributed by atoms with E-state index in [9.17, 15) is 0 Å². The summed E-state index contributed by atoms with van der Waals surface area (Å²) in [5.74, 6) is 0.960. The van der Waals surface area contributed by atoms with E-state index in [1.165, 1.54) is 58.2 Å². The van der Waals surface area contributed by atoms with Gasteiger partial charge in [-0.15, -0.1) is 0 Å². The maximum Gasteiger partial charge on any atom is 0.105 e. The highest BCUT2D eigenvalue weighted by Crippen LogP contribution is 2.36. The maximum absolute atomic E-state index is 6.56. The molecule has 1 saturated carbocycles. The summed E-state index contributed by atoms with van der Waals surface area (Å²) in [6, 6.07) is 0. The highest BCUT2D eigenvalue weighted by Gasteiger charge is 2.44. The second-order valence-electron chi connectivity index (χ2n) is 7.70. The molecule has 0 aromatic heterocycles. The lowest BCUT2D eigenvalue weighted by atomic mass is 10.00. The molecule has 4 heteroatoms. The minimum atomic E-state index is -0.00419. The highest BCUT2D eigenvalue weighted by molar-refractivity contribution is 4.95. The molecule has 4 rings (SSSR count). The van der Waals surface area contributed by atoms with E-state index in [4.69, 9.17) is 9.47 Å². The van der Waals surface area contributed by atoms with Crippen molar-refractivity contribution >= 4 is 0 Å². The number of hydrogen-bond donors (Lipinski definition) is 0. The standard InChI is InChI=1S/C17H30N2O2/c1-2-8-18(7-1)12-16-5-6-17(21-16)13-19(9-10-20-14-17)11-15-3-4-15/h15-16H,1-14H2. The summed E-state index contributed by atoms with van der Waals surface area (Å²) >= 11 is 0. The molecule has 3 heterocycles. The first-order valence-corrected chi connectivity index (χ1v) is 9.02. The van der Waals surface area contributed by atoms with E-state index in [1.807, 2.05) is 0 Å². The molecular weight excluding hydrogens is 264 g/mol. The minimum Gasteiger partial charge on any atom is -0.377 e. The second kappa shape index (κ2) is 6.15. The summed E-state index contributed by atoms with van der Waals surface area (Å²) in [6.45, 7) is 8.85. The Morgan fingerprint density at radius 1 is 0.952 bits per heavy atom. The molecule has 4 fully saturated rings. The Hall–Kier alpha value is -0.160. The molecule has 4 aliphatic rings. The van der Waals surface area contributed by atoms with Crippen molar-refractivity contribution in [3.05, 3.63) is 0 Å². The zero-order valence-electron chi connectivity index (χ0n) is 13.3. The first-order chi connectivity index (χ1) is 10.3. The summed E-state index contributed by atoms with van der Waals surface area (Å²) in [5, 5.41) is 0. The van der Waals surface area contributed by atoms with Gasteiger partial charge in [-0.25, -0.2) is 0 Å². The largest absolute Gasteiger partial charge is 0.377 e. The van der Waals surface area contributed by atoms with E-state index >= 15 is 0 Å². The zero-order chi connectivity index (χ0) is 14.1. The van der Waals surface area contributed by atoms with Gasteiger partial charge in [0.25, 0.3) is 0 Å². The molecule has 1 aliphatic carbocycles. The van der Waals surface area contributed by atoms with Crippen molar-refractivity contribution < 1.29 is 9.47 Å². The lowest BCUT2D eigenvalue weighted by molar-refractivity contribution is -0.0910. The van der Waals surface area contributed by atoms with Crippen molar-refractivity contribution in [2.45, 2.75) is 50.2 Å². The quantitative estimate of drug-likeness (QED) is 0.788. The monoisotopic (exact) mass is 294 g/mol. The topological polar surface area (TPSA) is 24.9 Å². The maximum atomic E-state index is 6.56. The average molecular weight is 294 g/mol.